The van der Waals surface area contributed by atoms with E-state index in [2.05, 4.69) is 0 Å². The molecule has 9 nitrogen and oxygen atoms in total. The van der Waals surface area contributed by atoms with E-state index in [0.717, 1.165) is 32.1 Å². The van der Waals surface area contributed by atoms with E-state index in [-0.39, 0.29) is 12.6 Å². The van der Waals surface area contributed by atoms with Gasteiger partial charge in [-0.05, 0) is 66.3 Å². The highest BCUT2D eigenvalue weighted by Gasteiger charge is 2.51. The first-order valence-electron chi connectivity index (χ1n) is 10.8. The Morgan fingerprint density at radius 3 is 2.03 bits per heavy atom. The van der Waals surface area contributed by atoms with Crippen molar-refractivity contribution in [2.24, 2.45) is 0 Å². The van der Waals surface area contributed by atoms with E-state index in [1.54, 1.807) is 18.5 Å². The topological polar surface area (TPSA) is 109 Å². The Kier molecular flexibility index (Phi) is 11.5. The molecule has 0 spiro atoms. The largest absolute Gasteiger partial charge is 0.468 e. The zero-order chi connectivity index (χ0) is 22.8. The molecule has 2 saturated heterocycles. The minimum Gasteiger partial charge on any atom is -0.468 e. The summed E-state index contributed by atoms with van der Waals surface area (Å²) >= 11 is 0. The van der Waals surface area contributed by atoms with Crippen LogP contribution in [0.25, 0.3) is 0 Å². The van der Waals surface area contributed by atoms with Crippen LogP contribution in [0.1, 0.15) is 39.5 Å². The van der Waals surface area contributed by atoms with Crippen molar-refractivity contribution in [2.75, 3.05) is 46.6 Å². The molecule has 0 aromatic carbocycles. The molecule has 30 heavy (non-hydrogen) atoms. The second kappa shape index (κ2) is 12.8. The van der Waals surface area contributed by atoms with Crippen LogP contribution in [0.5, 0.6) is 0 Å². The van der Waals surface area contributed by atoms with Gasteiger partial charge in [0.05, 0.1) is 25.9 Å². The van der Waals surface area contributed by atoms with E-state index < -0.39 is 25.2 Å². The number of methoxy groups -OCH3 is 1. The zero-order valence-electron chi connectivity index (χ0n) is 19.1. The number of hydrogen-bond donors (Lipinski definition) is 2. The monoisotopic (exact) mass is 428 g/mol. The normalized spacial score (nSPS) is 26.8. The van der Waals surface area contributed by atoms with Crippen molar-refractivity contribution in [1.29, 1.82) is 0 Å². The molecule has 0 amide bonds. The molecule has 2 atom stereocenters. The predicted molar refractivity (Wildman–Crippen MR) is 116 cm³/mol. The molecule has 0 aliphatic carbocycles. The summed E-state index contributed by atoms with van der Waals surface area (Å²) in [4.78, 5) is 26.6. The van der Waals surface area contributed by atoms with Crippen molar-refractivity contribution in [2.45, 2.75) is 64.3 Å². The van der Waals surface area contributed by atoms with Crippen LogP contribution in [0.4, 0.5) is 0 Å². The third-order valence-electron chi connectivity index (χ3n) is 5.91. The standard InChI is InChI=1S/C10H20BNO4.C9H18BNO3/c1-4-16-8-10(9(13)15-3)6-5-7-12(10)11(2)14;1-3-14-8-9(7-12)5-4-6-11(9)10(2)13/h14H,4-8H2,1-3H3;7,13H,3-6,8H2,1-2H3. The highest BCUT2D eigenvalue weighted by Crippen LogP contribution is 2.31. The molecule has 2 unspecified atom stereocenters. The fourth-order valence-corrected chi connectivity index (χ4v) is 4.41. The summed E-state index contributed by atoms with van der Waals surface area (Å²) in [7, 11) is 0.124. The molecule has 172 valence electrons. The summed E-state index contributed by atoms with van der Waals surface area (Å²) in [6.45, 7) is 10.4. The van der Waals surface area contributed by atoms with Crippen molar-refractivity contribution < 1.29 is 33.8 Å². The average molecular weight is 428 g/mol. The summed E-state index contributed by atoms with van der Waals surface area (Å²) in [6.07, 6.45) is 4.18. The van der Waals surface area contributed by atoms with Gasteiger partial charge in [-0.3, -0.25) is 0 Å². The number of carbonyl (C=O) groups excluding carboxylic acids is 2. The maximum Gasteiger partial charge on any atom is 0.377 e. The van der Waals surface area contributed by atoms with Gasteiger partial charge in [-0.1, -0.05) is 0 Å². The summed E-state index contributed by atoms with van der Waals surface area (Å²) < 4.78 is 15.5. The fourth-order valence-electron chi connectivity index (χ4n) is 4.41. The van der Waals surface area contributed by atoms with Crippen LogP contribution in [0.15, 0.2) is 0 Å². The van der Waals surface area contributed by atoms with E-state index >= 15 is 0 Å². The maximum absolute atomic E-state index is 11.9. The molecule has 0 bridgehead atoms. The van der Waals surface area contributed by atoms with Crippen LogP contribution in [-0.4, -0.2) is 104 Å². The molecule has 2 rings (SSSR count). The molecule has 2 aliphatic heterocycles. The van der Waals surface area contributed by atoms with E-state index in [9.17, 15) is 19.6 Å². The minimum absolute atomic E-state index is 0.279. The lowest BCUT2D eigenvalue weighted by Gasteiger charge is -2.36. The van der Waals surface area contributed by atoms with Crippen molar-refractivity contribution in [3.63, 3.8) is 0 Å². The number of ether oxygens (including phenoxy) is 3. The fraction of sp³-hybridized carbons (Fsp3) is 0.895. The van der Waals surface area contributed by atoms with Gasteiger partial charge in [-0.15, -0.1) is 0 Å². The van der Waals surface area contributed by atoms with Crippen LogP contribution in [0.2, 0.25) is 13.6 Å². The maximum atomic E-state index is 11.9. The number of rotatable bonds is 10. The molecule has 0 aromatic heterocycles. The summed E-state index contributed by atoms with van der Waals surface area (Å²) in [5.41, 5.74) is -1.40. The van der Waals surface area contributed by atoms with Crippen LogP contribution < -0.4 is 0 Å². The Morgan fingerprint density at radius 2 is 1.53 bits per heavy atom. The van der Waals surface area contributed by atoms with Gasteiger partial charge < -0.3 is 38.7 Å². The van der Waals surface area contributed by atoms with Crippen molar-refractivity contribution in [3.8, 4) is 0 Å². The molecule has 2 N–H and O–H groups in total. The minimum atomic E-state index is -0.807. The van der Waals surface area contributed by atoms with Crippen LogP contribution in [0.3, 0.4) is 0 Å². The second-order valence-corrected chi connectivity index (χ2v) is 7.88. The molecule has 0 saturated carbocycles. The third-order valence-corrected chi connectivity index (χ3v) is 5.91. The quantitative estimate of drug-likeness (QED) is 0.289. The van der Waals surface area contributed by atoms with Crippen LogP contribution >= 0.6 is 0 Å². The van der Waals surface area contributed by atoms with Gasteiger partial charge in [0.15, 0.2) is 0 Å². The molecule has 0 radical (unpaired) electrons. The molecule has 2 aliphatic rings. The van der Waals surface area contributed by atoms with E-state index in [0.29, 0.717) is 32.8 Å². The Balaban J connectivity index is 0.000000303. The smallest absolute Gasteiger partial charge is 0.377 e. The van der Waals surface area contributed by atoms with Crippen LogP contribution in [-0.2, 0) is 23.8 Å². The molecule has 0 aromatic rings. The Bertz CT molecular complexity index is 541. The first-order chi connectivity index (χ1) is 14.2. The van der Waals surface area contributed by atoms with Gasteiger partial charge in [0, 0.05) is 13.2 Å². The highest BCUT2D eigenvalue weighted by atomic mass is 16.5. The molecule has 11 heteroatoms. The number of hydrogen-bond acceptors (Lipinski definition) is 9. The van der Waals surface area contributed by atoms with E-state index in [1.807, 2.05) is 18.7 Å². The predicted octanol–water partition coefficient (Wildman–Crippen LogP) is 0.308. The third kappa shape index (κ3) is 6.27. The lowest BCUT2D eigenvalue weighted by molar-refractivity contribution is -0.155. The van der Waals surface area contributed by atoms with Crippen LogP contribution in [0, 0.1) is 0 Å². The Labute approximate surface area is 181 Å². The van der Waals surface area contributed by atoms with Gasteiger partial charge in [-0.25, -0.2) is 4.79 Å². The second-order valence-electron chi connectivity index (χ2n) is 7.88. The van der Waals surface area contributed by atoms with Gasteiger partial charge >= 0.3 is 20.1 Å². The Morgan fingerprint density at radius 1 is 1.00 bits per heavy atom. The first kappa shape index (κ1) is 27.1. The molecule has 2 heterocycles. The summed E-state index contributed by atoms with van der Waals surface area (Å²) in [6, 6.07) is 0. The molecular weight excluding hydrogens is 390 g/mol. The van der Waals surface area contributed by atoms with E-state index in [4.69, 9.17) is 14.2 Å². The number of nitrogens with zero attached hydrogens (tertiary/aromatic N) is 2. The van der Waals surface area contributed by atoms with Crippen molar-refractivity contribution >= 4 is 26.4 Å². The molecule has 2 fully saturated rings. The molecular formula is C19H38B2N2O7. The van der Waals surface area contributed by atoms with Gasteiger partial charge in [-0.2, -0.15) is 0 Å². The number of esters is 1. The Hall–Kier alpha value is -0.970. The van der Waals surface area contributed by atoms with Gasteiger partial charge in [0.1, 0.15) is 11.8 Å². The average Bonchev–Trinajstić information content (AvgIpc) is 3.36. The lowest BCUT2D eigenvalue weighted by Crippen LogP contribution is -2.59. The number of carbonyl (C=O) groups is 2. The summed E-state index contributed by atoms with van der Waals surface area (Å²) in [5, 5.41) is 19.2. The number of aldehydes is 1. The first-order valence-corrected chi connectivity index (χ1v) is 10.8. The SMILES string of the molecule is CCOCC1(C(=O)OC)CCCN1B(C)O.CCOCC1(C=O)CCCN1B(C)O. The lowest BCUT2D eigenvalue weighted by atomic mass is 9.79. The van der Waals surface area contributed by atoms with E-state index in [1.165, 1.54) is 7.11 Å². The van der Waals surface area contributed by atoms with Crippen molar-refractivity contribution in [3.05, 3.63) is 0 Å². The van der Waals surface area contributed by atoms with Crippen molar-refractivity contribution in [1.82, 2.24) is 9.62 Å². The summed E-state index contributed by atoms with van der Waals surface area (Å²) in [5.74, 6) is -0.320. The van der Waals surface area contributed by atoms with Gasteiger partial charge in [0.2, 0.25) is 0 Å². The van der Waals surface area contributed by atoms with Gasteiger partial charge in [0.25, 0.3) is 0 Å². The zero-order valence-corrected chi connectivity index (χ0v) is 19.1. The highest BCUT2D eigenvalue weighted by molar-refractivity contribution is 6.46.